The molecule has 1 saturated heterocycles. The van der Waals surface area contributed by atoms with Crippen LogP contribution < -0.4 is 0 Å². The summed E-state index contributed by atoms with van der Waals surface area (Å²) in [4.78, 5) is 15.9. The lowest BCUT2D eigenvalue weighted by atomic mass is 10.0. The average molecular weight is 308 g/mol. The maximum Gasteiger partial charge on any atom is 0.248 e. The SMILES string of the molecule is CC(C)[C@H]1CN(C(=O)CO)CCCN1Cc1ccc(F)cc1. The fourth-order valence-corrected chi connectivity index (χ4v) is 3.04. The van der Waals surface area contributed by atoms with Crippen LogP contribution in [0.4, 0.5) is 4.39 Å². The topological polar surface area (TPSA) is 43.8 Å². The van der Waals surface area contributed by atoms with Gasteiger partial charge in [-0.3, -0.25) is 9.69 Å². The van der Waals surface area contributed by atoms with E-state index in [9.17, 15) is 9.18 Å². The van der Waals surface area contributed by atoms with E-state index < -0.39 is 6.61 Å². The minimum Gasteiger partial charge on any atom is -0.387 e. The van der Waals surface area contributed by atoms with Gasteiger partial charge in [-0.2, -0.15) is 0 Å². The summed E-state index contributed by atoms with van der Waals surface area (Å²) in [6.45, 7) is 6.84. The fourth-order valence-electron chi connectivity index (χ4n) is 3.04. The van der Waals surface area contributed by atoms with Crippen LogP contribution in [-0.4, -0.2) is 53.1 Å². The molecule has 5 heteroatoms. The van der Waals surface area contributed by atoms with Gasteiger partial charge in [-0.1, -0.05) is 26.0 Å². The first-order chi connectivity index (χ1) is 10.5. The Balaban J connectivity index is 2.11. The summed E-state index contributed by atoms with van der Waals surface area (Å²) < 4.78 is 13.0. The molecule has 1 heterocycles. The molecule has 1 aromatic carbocycles. The monoisotopic (exact) mass is 308 g/mol. The molecule has 0 unspecified atom stereocenters. The summed E-state index contributed by atoms with van der Waals surface area (Å²) in [5, 5.41) is 9.09. The highest BCUT2D eigenvalue weighted by molar-refractivity contribution is 5.77. The van der Waals surface area contributed by atoms with Gasteiger partial charge in [0.25, 0.3) is 0 Å². The first-order valence-corrected chi connectivity index (χ1v) is 7.88. The van der Waals surface area contributed by atoms with E-state index in [4.69, 9.17) is 5.11 Å². The fraction of sp³-hybridized carbons (Fsp3) is 0.588. The molecule has 1 atom stereocenters. The van der Waals surface area contributed by atoms with Crippen molar-refractivity contribution >= 4 is 5.91 Å². The highest BCUT2D eigenvalue weighted by atomic mass is 19.1. The van der Waals surface area contributed by atoms with Crippen molar-refractivity contribution in [3.05, 3.63) is 35.6 Å². The number of hydrogen-bond acceptors (Lipinski definition) is 3. The molecule has 2 rings (SSSR count). The van der Waals surface area contributed by atoms with Crippen molar-refractivity contribution in [1.82, 2.24) is 9.80 Å². The van der Waals surface area contributed by atoms with Gasteiger partial charge in [0.1, 0.15) is 12.4 Å². The number of aliphatic hydroxyl groups excluding tert-OH is 1. The van der Waals surface area contributed by atoms with Gasteiger partial charge in [0, 0.05) is 32.2 Å². The van der Waals surface area contributed by atoms with Crippen molar-refractivity contribution in [3.63, 3.8) is 0 Å². The van der Waals surface area contributed by atoms with E-state index in [0.717, 1.165) is 25.1 Å². The molecule has 0 bridgehead atoms. The molecule has 0 spiro atoms. The van der Waals surface area contributed by atoms with E-state index in [1.807, 2.05) is 12.1 Å². The second-order valence-corrected chi connectivity index (χ2v) is 6.26. The lowest BCUT2D eigenvalue weighted by Crippen LogP contribution is -2.46. The van der Waals surface area contributed by atoms with Crippen LogP contribution in [0.15, 0.2) is 24.3 Å². The summed E-state index contributed by atoms with van der Waals surface area (Å²) >= 11 is 0. The molecule has 122 valence electrons. The molecule has 1 amide bonds. The molecule has 1 aliphatic heterocycles. The van der Waals surface area contributed by atoms with Crippen molar-refractivity contribution in [2.45, 2.75) is 32.9 Å². The van der Waals surface area contributed by atoms with E-state index in [1.165, 1.54) is 12.1 Å². The molecule has 0 aliphatic carbocycles. The Labute approximate surface area is 131 Å². The van der Waals surface area contributed by atoms with Gasteiger partial charge in [0.05, 0.1) is 0 Å². The van der Waals surface area contributed by atoms with Crippen molar-refractivity contribution in [1.29, 1.82) is 0 Å². The molecule has 0 saturated carbocycles. The highest BCUT2D eigenvalue weighted by Crippen LogP contribution is 2.20. The zero-order chi connectivity index (χ0) is 16.1. The van der Waals surface area contributed by atoms with Crippen LogP contribution in [0.2, 0.25) is 0 Å². The van der Waals surface area contributed by atoms with Crippen molar-refractivity contribution in [2.24, 2.45) is 5.92 Å². The largest absolute Gasteiger partial charge is 0.387 e. The Morgan fingerprint density at radius 1 is 1.32 bits per heavy atom. The van der Waals surface area contributed by atoms with E-state index in [1.54, 1.807) is 4.90 Å². The third-order valence-electron chi connectivity index (χ3n) is 4.31. The van der Waals surface area contributed by atoms with Crippen molar-refractivity contribution < 1.29 is 14.3 Å². The molecular weight excluding hydrogens is 283 g/mol. The number of hydrogen-bond donors (Lipinski definition) is 1. The first kappa shape index (κ1) is 16.9. The number of carbonyl (C=O) groups excluding carboxylic acids is 1. The van der Waals surface area contributed by atoms with E-state index >= 15 is 0 Å². The quantitative estimate of drug-likeness (QED) is 0.923. The summed E-state index contributed by atoms with van der Waals surface area (Å²) in [6.07, 6.45) is 0.885. The van der Waals surface area contributed by atoms with Gasteiger partial charge in [0.2, 0.25) is 5.91 Å². The van der Waals surface area contributed by atoms with Crippen LogP contribution in [0.5, 0.6) is 0 Å². The number of amides is 1. The third kappa shape index (κ3) is 4.27. The lowest BCUT2D eigenvalue weighted by Gasteiger charge is -2.34. The molecule has 1 N–H and O–H groups in total. The molecule has 4 nitrogen and oxygen atoms in total. The number of benzene rings is 1. The second kappa shape index (κ2) is 7.70. The zero-order valence-corrected chi connectivity index (χ0v) is 13.3. The predicted octanol–water partition coefficient (Wildman–Crippen LogP) is 1.88. The number of halogens is 1. The zero-order valence-electron chi connectivity index (χ0n) is 13.3. The van der Waals surface area contributed by atoms with E-state index in [-0.39, 0.29) is 17.8 Å². The minimum atomic E-state index is -0.428. The Bertz CT molecular complexity index is 490. The standard InChI is InChI=1S/C17H25FN2O2/c1-13(2)16-11-20(17(22)12-21)9-3-8-19(16)10-14-4-6-15(18)7-5-14/h4-7,13,16,21H,3,8-12H2,1-2H3/t16-/m1/s1. The summed E-state index contributed by atoms with van der Waals surface area (Å²) in [5.41, 5.74) is 1.08. The molecule has 0 aromatic heterocycles. The van der Waals surface area contributed by atoms with E-state index in [2.05, 4.69) is 18.7 Å². The Morgan fingerprint density at radius 3 is 2.59 bits per heavy atom. The normalized spacial score (nSPS) is 20.2. The third-order valence-corrected chi connectivity index (χ3v) is 4.31. The first-order valence-electron chi connectivity index (χ1n) is 7.88. The van der Waals surface area contributed by atoms with E-state index in [0.29, 0.717) is 19.0 Å². The summed E-state index contributed by atoms with van der Waals surface area (Å²) in [6, 6.07) is 6.84. The van der Waals surface area contributed by atoms with Gasteiger partial charge in [-0.05, 0) is 30.0 Å². The molecular formula is C17H25FN2O2. The van der Waals surface area contributed by atoms with Crippen LogP contribution in [0.3, 0.4) is 0 Å². The average Bonchev–Trinajstić information content (AvgIpc) is 2.71. The Hall–Kier alpha value is -1.46. The maximum absolute atomic E-state index is 13.0. The van der Waals surface area contributed by atoms with Gasteiger partial charge in [0.15, 0.2) is 0 Å². The molecule has 1 aliphatic rings. The van der Waals surface area contributed by atoms with Crippen LogP contribution >= 0.6 is 0 Å². The molecule has 0 radical (unpaired) electrons. The smallest absolute Gasteiger partial charge is 0.248 e. The Kier molecular flexibility index (Phi) is 5.91. The number of rotatable bonds is 4. The van der Waals surface area contributed by atoms with Crippen LogP contribution in [0, 0.1) is 11.7 Å². The van der Waals surface area contributed by atoms with Gasteiger partial charge in [-0.25, -0.2) is 4.39 Å². The summed E-state index contributed by atoms with van der Waals surface area (Å²) in [7, 11) is 0. The number of carbonyl (C=O) groups is 1. The molecule has 22 heavy (non-hydrogen) atoms. The van der Waals surface area contributed by atoms with Crippen molar-refractivity contribution in [2.75, 3.05) is 26.2 Å². The minimum absolute atomic E-state index is 0.200. The Morgan fingerprint density at radius 2 is 2.00 bits per heavy atom. The lowest BCUT2D eigenvalue weighted by molar-refractivity contribution is -0.134. The maximum atomic E-state index is 13.0. The van der Waals surface area contributed by atoms with Crippen molar-refractivity contribution in [3.8, 4) is 0 Å². The molecule has 1 fully saturated rings. The number of nitrogens with zero attached hydrogens (tertiary/aromatic N) is 2. The van der Waals surface area contributed by atoms with Crippen LogP contribution in [0.25, 0.3) is 0 Å². The van der Waals surface area contributed by atoms with Gasteiger partial charge in [-0.15, -0.1) is 0 Å². The predicted molar refractivity (Wildman–Crippen MR) is 83.7 cm³/mol. The summed E-state index contributed by atoms with van der Waals surface area (Å²) in [5.74, 6) is -0.0263. The van der Waals surface area contributed by atoms with Gasteiger partial charge < -0.3 is 10.0 Å². The van der Waals surface area contributed by atoms with Crippen LogP contribution in [0.1, 0.15) is 25.8 Å². The molecule has 1 aromatic rings. The van der Waals surface area contributed by atoms with Crippen LogP contribution in [-0.2, 0) is 11.3 Å². The van der Waals surface area contributed by atoms with Gasteiger partial charge >= 0.3 is 0 Å². The number of aliphatic hydroxyl groups is 1. The highest BCUT2D eigenvalue weighted by Gasteiger charge is 2.29. The second-order valence-electron chi connectivity index (χ2n) is 6.26.